The molecule has 2 unspecified atom stereocenters. The van der Waals surface area contributed by atoms with Gasteiger partial charge < -0.3 is 4.74 Å². The molecule has 0 rings (SSSR count). The Morgan fingerprint density at radius 2 is 0.659 bits per heavy atom. The van der Waals surface area contributed by atoms with Gasteiger partial charge in [0.2, 0.25) is 0 Å². The second-order valence-corrected chi connectivity index (χ2v) is 12.4. The molecule has 0 radical (unpaired) electrons. The molecule has 0 fully saturated rings. The van der Waals surface area contributed by atoms with Gasteiger partial charge in [0.25, 0.3) is 0 Å². The first-order valence-corrected chi connectivity index (χ1v) is 18.5. The maximum absolute atomic E-state index is 6.33. The van der Waals surface area contributed by atoms with Crippen molar-refractivity contribution in [2.75, 3.05) is 0 Å². The molecule has 0 saturated carbocycles. The highest BCUT2D eigenvalue weighted by molar-refractivity contribution is 4.87. The zero-order valence-corrected chi connectivity index (χ0v) is 28.2. The highest BCUT2D eigenvalue weighted by Crippen LogP contribution is 2.17. The van der Waals surface area contributed by atoms with Gasteiger partial charge in [-0.25, -0.2) is 0 Å². The SMILES string of the molecule is C=CC(CCCCCCC/C=C\CCCCCCCC)OC(C=C)CCCCCCC/C=C\CCCCCCCC. The molecule has 0 aromatic carbocycles. The van der Waals surface area contributed by atoms with E-state index in [2.05, 4.69) is 51.3 Å². The highest BCUT2D eigenvalue weighted by atomic mass is 16.5. The van der Waals surface area contributed by atoms with Crippen LogP contribution < -0.4 is 0 Å². The molecular formula is C40H74O. The molecule has 0 heterocycles. The third-order valence-electron chi connectivity index (χ3n) is 8.38. The lowest BCUT2D eigenvalue weighted by Crippen LogP contribution is -2.19. The highest BCUT2D eigenvalue weighted by Gasteiger charge is 2.11. The summed E-state index contributed by atoms with van der Waals surface area (Å²) in [5.74, 6) is 0. The van der Waals surface area contributed by atoms with Crippen LogP contribution in [0.4, 0.5) is 0 Å². The normalized spacial score (nSPS) is 13.3. The van der Waals surface area contributed by atoms with Gasteiger partial charge in [0.05, 0.1) is 12.2 Å². The molecule has 1 heteroatoms. The lowest BCUT2D eigenvalue weighted by atomic mass is 10.0. The van der Waals surface area contributed by atoms with Gasteiger partial charge in [-0.2, -0.15) is 0 Å². The first kappa shape index (κ1) is 39.9. The van der Waals surface area contributed by atoms with Crippen LogP contribution in [-0.2, 0) is 4.74 Å². The fourth-order valence-corrected chi connectivity index (χ4v) is 5.54. The summed E-state index contributed by atoms with van der Waals surface area (Å²) in [6.45, 7) is 12.7. The minimum Gasteiger partial charge on any atom is -0.367 e. The Labute approximate surface area is 259 Å². The molecule has 41 heavy (non-hydrogen) atoms. The summed E-state index contributed by atoms with van der Waals surface area (Å²) in [6, 6.07) is 0. The second kappa shape index (κ2) is 35.1. The molecule has 0 aliphatic rings. The van der Waals surface area contributed by atoms with Crippen molar-refractivity contribution in [3.63, 3.8) is 0 Å². The molecule has 0 aliphatic heterocycles. The fraction of sp³-hybridized carbons (Fsp3) is 0.800. The third-order valence-corrected chi connectivity index (χ3v) is 8.38. The van der Waals surface area contributed by atoms with Crippen molar-refractivity contribution in [1.29, 1.82) is 0 Å². The summed E-state index contributed by atoms with van der Waals surface area (Å²) in [6.07, 6.45) is 51.2. The monoisotopic (exact) mass is 571 g/mol. The molecule has 0 N–H and O–H groups in total. The van der Waals surface area contributed by atoms with Crippen LogP contribution in [0.5, 0.6) is 0 Å². The predicted octanol–water partition coefficient (Wildman–Crippen LogP) is 14.2. The van der Waals surface area contributed by atoms with Gasteiger partial charge in [-0.15, -0.1) is 13.2 Å². The standard InChI is InChI=1S/C40H74O/c1-5-9-11-13-15-17-19-21-23-25-27-29-31-33-35-37-39(7-3)41-40(8-4)38-36-34-32-30-28-26-24-22-20-18-16-14-12-10-6-2/h7-8,21-24,39-40H,3-6,9-20,25-38H2,1-2H3/b23-21-,24-22-. The first-order valence-electron chi connectivity index (χ1n) is 18.5. The average molecular weight is 571 g/mol. The van der Waals surface area contributed by atoms with Crippen LogP contribution in [0.15, 0.2) is 49.6 Å². The van der Waals surface area contributed by atoms with Crippen molar-refractivity contribution >= 4 is 0 Å². The van der Waals surface area contributed by atoms with Gasteiger partial charge in [-0.05, 0) is 64.2 Å². The molecule has 0 aromatic heterocycles. The maximum Gasteiger partial charge on any atom is 0.0761 e. The van der Waals surface area contributed by atoms with E-state index in [0.29, 0.717) is 0 Å². The van der Waals surface area contributed by atoms with Crippen molar-refractivity contribution in [3.05, 3.63) is 49.6 Å². The summed E-state index contributed by atoms with van der Waals surface area (Å²) in [5, 5.41) is 0. The first-order chi connectivity index (χ1) is 20.3. The van der Waals surface area contributed by atoms with E-state index in [1.807, 2.05) is 12.2 Å². The summed E-state index contributed by atoms with van der Waals surface area (Å²) < 4.78 is 6.33. The Hall–Kier alpha value is -1.08. The largest absolute Gasteiger partial charge is 0.367 e. The van der Waals surface area contributed by atoms with E-state index in [9.17, 15) is 0 Å². The lowest BCUT2D eigenvalue weighted by Gasteiger charge is -2.20. The van der Waals surface area contributed by atoms with Crippen LogP contribution >= 0.6 is 0 Å². The van der Waals surface area contributed by atoms with Crippen molar-refractivity contribution in [2.24, 2.45) is 0 Å². The predicted molar refractivity (Wildman–Crippen MR) is 188 cm³/mol. The molecule has 2 atom stereocenters. The van der Waals surface area contributed by atoms with E-state index in [0.717, 1.165) is 12.8 Å². The van der Waals surface area contributed by atoms with Gasteiger partial charge in [0.15, 0.2) is 0 Å². The summed E-state index contributed by atoms with van der Waals surface area (Å²) in [7, 11) is 0. The van der Waals surface area contributed by atoms with E-state index >= 15 is 0 Å². The van der Waals surface area contributed by atoms with Crippen molar-refractivity contribution in [3.8, 4) is 0 Å². The van der Waals surface area contributed by atoms with Gasteiger partial charge in [-0.3, -0.25) is 0 Å². The van der Waals surface area contributed by atoms with E-state index in [4.69, 9.17) is 4.74 Å². The van der Waals surface area contributed by atoms with Crippen LogP contribution in [0.1, 0.15) is 194 Å². The van der Waals surface area contributed by atoms with Crippen LogP contribution in [-0.4, -0.2) is 12.2 Å². The summed E-state index contributed by atoms with van der Waals surface area (Å²) in [4.78, 5) is 0. The number of unbranched alkanes of at least 4 members (excludes halogenated alkanes) is 22. The molecule has 0 aliphatic carbocycles. The zero-order chi connectivity index (χ0) is 29.9. The van der Waals surface area contributed by atoms with Crippen LogP contribution in [0.3, 0.4) is 0 Å². The molecule has 0 saturated heterocycles. The summed E-state index contributed by atoms with van der Waals surface area (Å²) >= 11 is 0. The summed E-state index contributed by atoms with van der Waals surface area (Å²) in [5.41, 5.74) is 0. The Balaban J connectivity index is 3.61. The topological polar surface area (TPSA) is 9.23 Å². The maximum atomic E-state index is 6.33. The smallest absolute Gasteiger partial charge is 0.0761 e. The Kier molecular flexibility index (Phi) is 34.2. The molecule has 0 aromatic rings. The van der Waals surface area contributed by atoms with Crippen LogP contribution in [0.25, 0.3) is 0 Å². The van der Waals surface area contributed by atoms with Gasteiger partial charge >= 0.3 is 0 Å². The zero-order valence-electron chi connectivity index (χ0n) is 28.2. The number of hydrogen-bond donors (Lipinski definition) is 0. The van der Waals surface area contributed by atoms with Crippen molar-refractivity contribution < 1.29 is 4.74 Å². The minimum absolute atomic E-state index is 0.172. The number of ether oxygens (including phenoxy) is 1. The molecular weight excluding hydrogens is 496 g/mol. The molecule has 240 valence electrons. The van der Waals surface area contributed by atoms with Crippen LogP contribution in [0, 0.1) is 0 Å². The van der Waals surface area contributed by atoms with Gasteiger partial charge in [0, 0.05) is 0 Å². The fourth-order valence-electron chi connectivity index (χ4n) is 5.54. The van der Waals surface area contributed by atoms with Crippen molar-refractivity contribution in [2.45, 2.75) is 206 Å². The van der Waals surface area contributed by atoms with Crippen LogP contribution in [0.2, 0.25) is 0 Å². The Morgan fingerprint density at radius 1 is 0.390 bits per heavy atom. The van der Waals surface area contributed by atoms with E-state index in [1.165, 1.54) is 167 Å². The molecule has 1 nitrogen and oxygen atoms in total. The third kappa shape index (κ3) is 31.7. The molecule has 0 amide bonds. The average Bonchev–Trinajstić information content (AvgIpc) is 2.99. The molecule has 0 spiro atoms. The lowest BCUT2D eigenvalue weighted by molar-refractivity contribution is 0.0299. The minimum atomic E-state index is 0.172. The molecule has 0 bridgehead atoms. The number of allylic oxidation sites excluding steroid dienone is 4. The Bertz CT molecular complexity index is 523. The van der Waals surface area contributed by atoms with Gasteiger partial charge in [0.1, 0.15) is 0 Å². The number of hydrogen-bond acceptors (Lipinski definition) is 1. The second-order valence-electron chi connectivity index (χ2n) is 12.4. The van der Waals surface area contributed by atoms with Gasteiger partial charge in [-0.1, -0.05) is 166 Å². The quantitative estimate of drug-likeness (QED) is 0.0552. The van der Waals surface area contributed by atoms with E-state index < -0.39 is 0 Å². The van der Waals surface area contributed by atoms with E-state index in [1.54, 1.807) is 0 Å². The van der Waals surface area contributed by atoms with E-state index in [-0.39, 0.29) is 12.2 Å². The number of rotatable bonds is 34. The van der Waals surface area contributed by atoms with Crippen molar-refractivity contribution in [1.82, 2.24) is 0 Å². The Morgan fingerprint density at radius 3 is 0.951 bits per heavy atom.